The van der Waals surface area contributed by atoms with E-state index >= 15 is 0 Å². The van der Waals surface area contributed by atoms with Gasteiger partial charge >= 0.3 is 5.97 Å². The van der Waals surface area contributed by atoms with E-state index in [2.05, 4.69) is 6.92 Å². The molecule has 3 heteroatoms. The van der Waals surface area contributed by atoms with Crippen molar-refractivity contribution >= 4 is 5.97 Å². The summed E-state index contributed by atoms with van der Waals surface area (Å²) < 4.78 is 6.93. The van der Waals surface area contributed by atoms with Gasteiger partial charge in [0.15, 0.2) is 6.10 Å². The molecule has 3 aliphatic heterocycles. The van der Waals surface area contributed by atoms with Crippen LogP contribution >= 0.6 is 0 Å². The first-order valence-electron chi connectivity index (χ1n) is 7.33. The second kappa shape index (κ2) is 4.97. The number of fused-ring (bicyclic) bond motifs is 3. The van der Waals surface area contributed by atoms with Crippen LogP contribution in [0.4, 0.5) is 0 Å². The molecule has 2 bridgehead atoms. The van der Waals surface area contributed by atoms with E-state index in [1.54, 1.807) is 0 Å². The molecule has 1 aromatic rings. The largest absolute Gasteiger partial charge is 0.452 e. The average Bonchev–Trinajstić information content (AvgIpc) is 2.49. The van der Waals surface area contributed by atoms with Crippen molar-refractivity contribution in [1.82, 2.24) is 0 Å². The molecule has 1 unspecified atom stereocenters. The van der Waals surface area contributed by atoms with E-state index in [9.17, 15) is 4.79 Å². The highest BCUT2D eigenvalue weighted by Crippen LogP contribution is 2.35. The Kier molecular flexibility index (Phi) is 3.31. The van der Waals surface area contributed by atoms with Crippen molar-refractivity contribution in [2.75, 3.05) is 26.2 Å². The molecular formula is C16H22NO2+. The van der Waals surface area contributed by atoms with Crippen molar-refractivity contribution in [3.63, 3.8) is 0 Å². The lowest BCUT2D eigenvalue weighted by Crippen LogP contribution is -2.64. The first kappa shape index (κ1) is 12.7. The minimum Gasteiger partial charge on any atom is -0.452 e. The summed E-state index contributed by atoms with van der Waals surface area (Å²) in [6.07, 6.45) is 2.54. The van der Waals surface area contributed by atoms with Crippen LogP contribution in [0.2, 0.25) is 0 Å². The van der Waals surface area contributed by atoms with Crippen LogP contribution in [0.15, 0.2) is 30.3 Å². The standard InChI is InChI=1S/C16H22NO2/c1-2-17-10-8-13(9-11-17)15(12-17)19-16(18)14-6-4-3-5-7-14/h3-7,13,15H,2,8-12H2,1H3/q+1. The predicted molar refractivity (Wildman–Crippen MR) is 73.8 cm³/mol. The summed E-state index contributed by atoms with van der Waals surface area (Å²) in [5.41, 5.74) is 0.669. The average molecular weight is 260 g/mol. The molecule has 0 N–H and O–H groups in total. The molecule has 3 aliphatic rings. The molecule has 0 radical (unpaired) electrons. The Morgan fingerprint density at radius 1 is 1.26 bits per heavy atom. The predicted octanol–water partition coefficient (Wildman–Crippen LogP) is 2.47. The molecule has 0 aliphatic carbocycles. The van der Waals surface area contributed by atoms with Crippen LogP contribution in [0, 0.1) is 5.92 Å². The Balaban J connectivity index is 1.69. The first-order chi connectivity index (χ1) is 9.22. The molecule has 0 saturated carbocycles. The molecular weight excluding hydrogens is 238 g/mol. The molecule has 1 aromatic carbocycles. The van der Waals surface area contributed by atoms with Gasteiger partial charge in [-0.1, -0.05) is 18.2 Å². The van der Waals surface area contributed by atoms with Gasteiger partial charge in [-0.05, 0) is 19.1 Å². The molecule has 102 valence electrons. The normalized spacial score (nSPS) is 33.1. The number of nitrogens with zero attached hydrogens (tertiary/aromatic N) is 1. The number of rotatable bonds is 3. The molecule has 0 spiro atoms. The third-order valence-electron chi connectivity index (χ3n) is 4.98. The summed E-state index contributed by atoms with van der Waals surface area (Å²) >= 11 is 0. The van der Waals surface area contributed by atoms with Gasteiger partial charge < -0.3 is 9.22 Å². The minimum atomic E-state index is -0.159. The molecule has 19 heavy (non-hydrogen) atoms. The maximum absolute atomic E-state index is 12.2. The molecule has 3 nitrogen and oxygen atoms in total. The highest BCUT2D eigenvalue weighted by molar-refractivity contribution is 5.89. The molecule has 3 fully saturated rings. The van der Waals surface area contributed by atoms with Crippen molar-refractivity contribution in [3.05, 3.63) is 35.9 Å². The monoisotopic (exact) mass is 260 g/mol. The smallest absolute Gasteiger partial charge is 0.338 e. The number of hydrogen-bond acceptors (Lipinski definition) is 2. The van der Waals surface area contributed by atoms with Crippen molar-refractivity contribution < 1.29 is 14.0 Å². The summed E-state index contributed by atoms with van der Waals surface area (Å²) in [4.78, 5) is 12.2. The van der Waals surface area contributed by atoms with Crippen LogP contribution in [0.3, 0.4) is 0 Å². The number of piperidine rings is 3. The lowest BCUT2D eigenvalue weighted by molar-refractivity contribution is -0.944. The Morgan fingerprint density at radius 3 is 2.58 bits per heavy atom. The molecule has 0 amide bonds. The van der Waals surface area contributed by atoms with Gasteiger partial charge in [-0.25, -0.2) is 4.79 Å². The zero-order valence-corrected chi connectivity index (χ0v) is 11.5. The number of likely N-dealkylation sites (N-methyl/N-ethyl adjacent to an activating group) is 1. The van der Waals surface area contributed by atoms with E-state index in [1.165, 1.54) is 25.9 Å². The molecule has 3 heterocycles. The second-order valence-corrected chi connectivity index (χ2v) is 5.93. The van der Waals surface area contributed by atoms with Gasteiger partial charge in [-0.3, -0.25) is 0 Å². The Labute approximate surface area is 114 Å². The van der Waals surface area contributed by atoms with Gasteiger partial charge in [0.2, 0.25) is 0 Å². The zero-order valence-electron chi connectivity index (χ0n) is 11.5. The van der Waals surface area contributed by atoms with Gasteiger partial charge in [0, 0.05) is 18.8 Å². The number of hydrogen-bond donors (Lipinski definition) is 0. The maximum atomic E-state index is 12.2. The fourth-order valence-corrected chi connectivity index (χ4v) is 3.58. The summed E-state index contributed by atoms with van der Waals surface area (Å²) in [5, 5.41) is 0. The third kappa shape index (κ3) is 2.39. The van der Waals surface area contributed by atoms with Crippen molar-refractivity contribution in [3.8, 4) is 0 Å². The number of quaternary nitrogens is 1. The fourth-order valence-electron chi connectivity index (χ4n) is 3.58. The van der Waals surface area contributed by atoms with E-state index in [4.69, 9.17) is 4.74 Å². The van der Waals surface area contributed by atoms with E-state index in [0.717, 1.165) is 17.6 Å². The Hall–Kier alpha value is -1.35. The van der Waals surface area contributed by atoms with Crippen LogP contribution in [-0.2, 0) is 4.74 Å². The summed E-state index contributed by atoms with van der Waals surface area (Å²) in [7, 11) is 0. The molecule has 0 aromatic heterocycles. The number of benzene rings is 1. The van der Waals surface area contributed by atoms with E-state index in [-0.39, 0.29) is 12.1 Å². The van der Waals surface area contributed by atoms with Crippen molar-refractivity contribution in [2.24, 2.45) is 5.92 Å². The van der Waals surface area contributed by atoms with Crippen LogP contribution in [-0.4, -0.2) is 42.7 Å². The zero-order chi connectivity index (χ0) is 13.3. The third-order valence-corrected chi connectivity index (χ3v) is 4.98. The van der Waals surface area contributed by atoms with Gasteiger partial charge in [-0.15, -0.1) is 0 Å². The summed E-state index contributed by atoms with van der Waals surface area (Å²) in [6.45, 7) is 6.95. The number of esters is 1. The second-order valence-electron chi connectivity index (χ2n) is 5.93. The first-order valence-corrected chi connectivity index (χ1v) is 7.33. The quantitative estimate of drug-likeness (QED) is 0.616. The van der Waals surface area contributed by atoms with Crippen LogP contribution in [0.5, 0.6) is 0 Å². The maximum Gasteiger partial charge on any atom is 0.338 e. The number of ether oxygens (including phenoxy) is 1. The minimum absolute atomic E-state index is 0.121. The highest BCUT2D eigenvalue weighted by atomic mass is 16.5. The molecule has 1 atom stereocenters. The van der Waals surface area contributed by atoms with Gasteiger partial charge in [0.1, 0.15) is 6.54 Å². The van der Waals surface area contributed by atoms with Crippen LogP contribution < -0.4 is 0 Å². The SMILES string of the molecule is CC[N+]12CCC(CC1)C(OC(=O)c1ccccc1)C2. The Bertz CT molecular complexity index is 449. The lowest BCUT2D eigenvalue weighted by atomic mass is 9.83. The highest BCUT2D eigenvalue weighted by Gasteiger charge is 2.46. The topological polar surface area (TPSA) is 26.3 Å². The number of carbonyl (C=O) groups excluding carboxylic acids is 1. The number of carbonyl (C=O) groups is 1. The van der Waals surface area contributed by atoms with Gasteiger partial charge in [0.25, 0.3) is 0 Å². The lowest BCUT2D eigenvalue weighted by Gasteiger charge is -2.51. The van der Waals surface area contributed by atoms with Crippen LogP contribution in [0.1, 0.15) is 30.1 Å². The van der Waals surface area contributed by atoms with Crippen molar-refractivity contribution in [1.29, 1.82) is 0 Å². The van der Waals surface area contributed by atoms with E-state index in [1.807, 2.05) is 30.3 Å². The molecule has 3 saturated heterocycles. The fraction of sp³-hybridized carbons (Fsp3) is 0.562. The summed E-state index contributed by atoms with van der Waals surface area (Å²) in [5.74, 6) is 0.424. The van der Waals surface area contributed by atoms with Gasteiger partial charge in [-0.2, -0.15) is 0 Å². The van der Waals surface area contributed by atoms with E-state index in [0.29, 0.717) is 11.5 Å². The van der Waals surface area contributed by atoms with Crippen molar-refractivity contribution in [2.45, 2.75) is 25.9 Å². The Morgan fingerprint density at radius 2 is 1.95 bits per heavy atom. The molecule has 4 rings (SSSR count). The summed E-state index contributed by atoms with van der Waals surface area (Å²) in [6, 6.07) is 9.34. The van der Waals surface area contributed by atoms with Gasteiger partial charge in [0.05, 0.1) is 25.2 Å². The van der Waals surface area contributed by atoms with Crippen LogP contribution in [0.25, 0.3) is 0 Å². The van der Waals surface area contributed by atoms with E-state index < -0.39 is 0 Å².